The molecule has 0 amide bonds. The molecule has 1 aromatic heterocycles. The van der Waals surface area contributed by atoms with Crippen LogP contribution in [0.15, 0.2) is 16.7 Å². The monoisotopic (exact) mass is 256 g/mol. The van der Waals surface area contributed by atoms with E-state index in [0.29, 0.717) is 15.2 Å². The van der Waals surface area contributed by atoms with E-state index in [9.17, 15) is 0 Å². The maximum absolute atomic E-state index is 8.48. The van der Waals surface area contributed by atoms with Crippen LogP contribution in [0.25, 0.3) is 0 Å². The molecule has 0 bridgehead atoms. The standard InChI is InChI=1S/C6H2BrClN2.Ar/c7-5-3-10-6(8)1-4(5)2-9;/h1,3H;. The molecule has 0 saturated heterocycles. The Hall–Kier alpha value is 0.670. The van der Waals surface area contributed by atoms with Crippen molar-refractivity contribution in [1.29, 1.82) is 5.26 Å². The number of hydrogen-bond acceptors (Lipinski definition) is 2. The van der Waals surface area contributed by atoms with Gasteiger partial charge in [-0.1, -0.05) is 11.6 Å². The minimum atomic E-state index is 0. The van der Waals surface area contributed by atoms with Gasteiger partial charge < -0.3 is 0 Å². The normalized spacial score (nSPS) is 8.09. The van der Waals surface area contributed by atoms with E-state index in [4.69, 9.17) is 16.9 Å². The van der Waals surface area contributed by atoms with Crippen molar-refractivity contribution in [2.24, 2.45) is 0 Å². The molecule has 58 valence electrons. The second kappa shape index (κ2) is 5.34. The Morgan fingerprint density at radius 3 is 2.73 bits per heavy atom. The minimum absolute atomic E-state index is 0. The summed E-state index contributed by atoms with van der Waals surface area (Å²) >= 11 is 8.66. The molecular formula is C6H2ArBrClN2. The first-order valence-corrected chi connectivity index (χ1v) is 3.62. The fraction of sp³-hybridized carbons (Fsp3) is 0. The Morgan fingerprint density at radius 1 is 1.64 bits per heavy atom. The summed E-state index contributed by atoms with van der Waals surface area (Å²) in [5.41, 5.74) is 0.500. The maximum Gasteiger partial charge on any atom is 0.130 e. The predicted molar refractivity (Wildman–Crippen MR) is 41.7 cm³/mol. The van der Waals surface area contributed by atoms with Crippen molar-refractivity contribution in [3.8, 4) is 6.07 Å². The van der Waals surface area contributed by atoms with Crippen LogP contribution in [0.2, 0.25) is 5.15 Å². The molecule has 1 heterocycles. The van der Waals surface area contributed by atoms with E-state index in [1.165, 1.54) is 12.3 Å². The van der Waals surface area contributed by atoms with Crippen LogP contribution < -0.4 is 0 Å². The summed E-state index contributed by atoms with van der Waals surface area (Å²) in [7, 11) is 0. The molecule has 1 rings (SSSR count). The molecule has 1 aromatic rings. The molecule has 0 spiro atoms. The number of rotatable bonds is 0. The molecule has 0 saturated carbocycles. The molecule has 0 aliphatic carbocycles. The van der Waals surface area contributed by atoms with E-state index in [-0.39, 0.29) is 37.7 Å². The summed E-state index contributed by atoms with van der Waals surface area (Å²) in [6.45, 7) is 0. The van der Waals surface area contributed by atoms with Gasteiger partial charge in [-0.25, -0.2) is 4.98 Å². The predicted octanol–water partition coefficient (Wildman–Crippen LogP) is 2.37. The number of nitrogens with zero attached hydrogens (tertiary/aromatic N) is 2. The second-order valence-corrected chi connectivity index (χ2v) is 2.84. The van der Waals surface area contributed by atoms with Crippen molar-refractivity contribution in [1.82, 2.24) is 4.98 Å². The van der Waals surface area contributed by atoms with E-state index in [1.807, 2.05) is 6.07 Å². The minimum Gasteiger partial charge on any atom is -0.243 e. The number of aromatic nitrogens is 1. The van der Waals surface area contributed by atoms with Crippen LogP contribution in [0.3, 0.4) is 0 Å². The van der Waals surface area contributed by atoms with Crippen LogP contribution in [0.4, 0.5) is 0 Å². The molecule has 0 N–H and O–H groups in total. The first-order chi connectivity index (χ1) is 4.74. The average Bonchev–Trinajstić information content (AvgIpc) is 1.94. The Balaban J connectivity index is 0.000001000. The molecule has 0 atom stereocenters. The van der Waals surface area contributed by atoms with Gasteiger partial charge in [0.2, 0.25) is 0 Å². The molecule has 0 aromatic carbocycles. The van der Waals surface area contributed by atoms with E-state index in [0.717, 1.165) is 0 Å². The Labute approximate surface area is 108 Å². The molecule has 5 heteroatoms. The van der Waals surface area contributed by atoms with Crippen LogP contribution in [-0.2, 0) is 0 Å². The van der Waals surface area contributed by atoms with Crippen LogP contribution in [0, 0.1) is 49.1 Å². The van der Waals surface area contributed by atoms with Crippen molar-refractivity contribution in [2.75, 3.05) is 0 Å². The van der Waals surface area contributed by atoms with E-state index in [2.05, 4.69) is 20.9 Å². The third-order valence-corrected chi connectivity index (χ3v) is 1.78. The van der Waals surface area contributed by atoms with Crippen molar-refractivity contribution >= 4 is 27.5 Å². The van der Waals surface area contributed by atoms with E-state index in [1.54, 1.807) is 0 Å². The van der Waals surface area contributed by atoms with E-state index < -0.39 is 0 Å². The van der Waals surface area contributed by atoms with Gasteiger partial charge in [-0.2, -0.15) is 5.26 Å². The van der Waals surface area contributed by atoms with Gasteiger partial charge in [0.15, 0.2) is 0 Å². The maximum atomic E-state index is 8.48. The van der Waals surface area contributed by atoms with Crippen LogP contribution in [0.1, 0.15) is 5.56 Å². The summed E-state index contributed by atoms with van der Waals surface area (Å²) in [6, 6.07) is 3.47. The van der Waals surface area contributed by atoms with Gasteiger partial charge >= 0.3 is 0 Å². The van der Waals surface area contributed by atoms with Gasteiger partial charge in [-0.3, -0.25) is 0 Å². The zero-order valence-corrected chi connectivity index (χ0v) is 8.21. The molecule has 0 aliphatic heterocycles. The summed E-state index contributed by atoms with van der Waals surface area (Å²) < 4.78 is 0.666. The third-order valence-electron chi connectivity index (χ3n) is 0.942. The van der Waals surface area contributed by atoms with Crippen molar-refractivity contribution in [3.05, 3.63) is 27.5 Å². The van der Waals surface area contributed by atoms with Crippen molar-refractivity contribution in [3.63, 3.8) is 0 Å². The SMILES string of the molecule is N#Cc1cc(Cl)ncc1Br.[Ar]. The Bertz CT molecular complexity index is 297. The summed E-state index contributed by atoms with van der Waals surface area (Å²) in [4.78, 5) is 3.75. The average molecular weight is 257 g/mol. The zero-order chi connectivity index (χ0) is 7.56. The fourth-order valence-corrected chi connectivity index (χ4v) is 0.962. The second-order valence-electron chi connectivity index (χ2n) is 1.60. The van der Waals surface area contributed by atoms with E-state index >= 15 is 0 Å². The van der Waals surface area contributed by atoms with Gasteiger partial charge in [-0.05, 0) is 22.0 Å². The topological polar surface area (TPSA) is 36.7 Å². The molecule has 0 fully saturated rings. The number of hydrogen-bond donors (Lipinski definition) is 0. The first kappa shape index (κ1) is 11.7. The van der Waals surface area contributed by atoms with Crippen LogP contribution in [-0.4, -0.2) is 4.98 Å². The number of nitriles is 1. The van der Waals surface area contributed by atoms with Crippen LogP contribution >= 0.6 is 27.5 Å². The molecule has 0 unspecified atom stereocenters. The fourth-order valence-electron chi connectivity index (χ4n) is 0.499. The van der Waals surface area contributed by atoms with Crippen molar-refractivity contribution < 1.29 is 37.7 Å². The van der Waals surface area contributed by atoms with Crippen molar-refractivity contribution in [2.45, 2.75) is 0 Å². The molecule has 0 aliphatic rings. The molecule has 11 heavy (non-hydrogen) atoms. The summed E-state index contributed by atoms with van der Waals surface area (Å²) in [6.07, 6.45) is 1.50. The smallest absolute Gasteiger partial charge is 0.130 e. The zero-order valence-electron chi connectivity index (χ0n) is 5.16. The van der Waals surface area contributed by atoms with Gasteiger partial charge in [0.25, 0.3) is 0 Å². The van der Waals surface area contributed by atoms with Gasteiger partial charge in [0.05, 0.1) is 10.0 Å². The Morgan fingerprint density at radius 2 is 2.27 bits per heavy atom. The molecular weight excluding hydrogens is 255 g/mol. The largest absolute Gasteiger partial charge is 0.243 e. The quantitative estimate of drug-likeness (QED) is 0.669. The van der Waals surface area contributed by atoms with Gasteiger partial charge in [0.1, 0.15) is 11.2 Å². The number of pyridine rings is 1. The molecule has 0 radical (unpaired) electrons. The van der Waals surface area contributed by atoms with Gasteiger partial charge in [-0.15, -0.1) is 0 Å². The Kier molecular flexibility index (Phi) is 5.66. The number of halogens is 2. The molecule has 2 nitrogen and oxygen atoms in total. The van der Waals surface area contributed by atoms with Crippen LogP contribution in [0.5, 0.6) is 0 Å². The summed E-state index contributed by atoms with van der Waals surface area (Å²) in [5.74, 6) is 0. The first-order valence-electron chi connectivity index (χ1n) is 2.45. The summed E-state index contributed by atoms with van der Waals surface area (Å²) in [5, 5.41) is 8.81. The van der Waals surface area contributed by atoms with Gasteiger partial charge in [0, 0.05) is 43.9 Å². The third kappa shape index (κ3) is 3.27.